The molecule has 0 aromatic heterocycles. The fraction of sp³-hybridized carbons (Fsp3) is 0.385. The van der Waals surface area contributed by atoms with Crippen LogP contribution in [0.4, 0.5) is 0 Å². The van der Waals surface area contributed by atoms with Gasteiger partial charge in [-0.15, -0.1) is 0 Å². The van der Waals surface area contributed by atoms with Crippen molar-refractivity contribution in [3.05, 3.63) is 23.8 Å². The van der Waals surface area contributed by atoms with Crippen molar-refractivity contribution >= 4 is 22.8 Å². The van der Waals surface area contributed by atoms with Gasteiger partial charge in [0.1, 0.15) is 11.5 Å². The van der Waals surface area contributed by atoms with E-state index in [1.165, 1.54) is 14.2 Å². The van der Waals surface area contributed by atoms with Gasteiger partial charge in [0.15, 0.2) is 0 Å². The van der Waals surface area contributed by atoms with Gasteiger partial charge in [-0.25, -0.2) is 0 Å². The fourth-order valence-corrected chi connectivity index (χ4v) is 1.60. The Bertz CT molecular complexity index is 440. The molecule has 0 aliphatic carbocycles. The van der Waals surface area contributed by atoms with Gasteiger partial charge in [0.25, 0.3) is 5.91 Å². The number of carbonyl (C=O) groups excluding carboxylic acids is 2. The summed E-state index contributed by atoms with van der Waals surface area (Å²) in [6, 6.07) is 4.91. The van der Waals surface area contributed by atoms with Gasteiger partial charge >= 0.3 is 0 Å². The zero-order valence-corrected chi connectivity index (χ0v) is 11.6. The minimum atomic E-state index is -0.405. The Morgan fingerprint density at radius 3 is 2.21 bits per heavy atom. The van der Waals surface area contributed by atoms with Crippen molar-refractivity contribution in [2.45, 2.75) is 12.8 Å². The minimum absolute atomic E-state index is 0.239. The monoisotopic (exact) mass is 285 g/mol. The van der Waals surface area contributed by atoms with Crippen molar-refractivity contribution in [2.24, 2.45) is 0 Å². The van der Waals surface area contributed by atoms with Gasteiger partial charge in [-0.3, -0.25) is 9.59 Å². The van der Waals surface area contributed by atoms with Crippen LogP contribution in [-0.2, 0) is 4.79 Å². The molecular formula is C13H16ClNO4. The van der Waals surface area contributed by atoms with Crippen molar-refractivity contribution in [1.29, 1.82) is 0 Å². The van der Waals surface area contributed by atoms with Gasteiger partial charge < -0.3 is 14.8 Å². The van der Waals surface area contributed by atoms with Crippen LogP contribution in [0.25, 0.3) is 0 Å². The summed E-state index contributed by atoms with van der Waals surface area (Å²) >= 11 is 5.20. The van der Waals surface area contributed by atoms with Crippen LogP contribution in [0.3, 0.4) is 0 Å². The Balaban J connectivity index is 2.63. The number of hydrogen-bond donors (Lipinski definition) is 1. The van der Waals surface area contributed by atoms with Crippen molar-refractivity contribution < 1.29 is 19.1 Å². The third-order valence-electron chi connectivity index (χ3n) is 2.45. The number of ether oxygens (including phenoxy) is 2. The average molecular weight is 286 g/mol. The summed E-state index contributed by atoms with van der Waals surface area (Å²) in [4.78, 5) is 22.4. The van der Waals surface area contributed by atoms with Crippen molar-refractivity contribution in [1.82, 2.24) is 5.32 Å². The number of methoxy groups -OCH3 is 2. The van der Waals surface area contributed by atoms with Gasteiger partial charge in [-0.2, -0.15) is 0 Å². The van der Waals surface area contributed by atoms with Crippen molar-refractivity contribution in [3.63, 3.8) is 0 Å². The smallest absolute Gasteiger partial charge is 0.251 e. The molecule has 0 radical (unpaired) electrons. The predicted molar refractivity (Wildman–Crippen MR) is 72.0 cm³/mol. The maximum atomic E-state index is 11.9. The first-order valence-corrected chi connectivity index (χ1v) is 6.14. The Morgan fingerprint density at radius 1 is 1.16 bits per heavy atom. The topological polar surface area (TPSA) is 64.6 Å². The highest BCUT2D eigenvalue weighted by Gasteiger charge is 2.09. The lowest BCUT2D eigenvalue weighted by molar-refractivity contribution is -0.111. The lowest BCUT2D eigenvalue weighted by Gasteiger charge is -2.08. The maximum absolute atomic E-state index is 11.9. The first kappa shape index (κ1) is 15.3. The highest BCUT2D eigenvalue weighted by molar-refractivity contribution is 6.63. The third-order valence-corrected chi connectivity index (χ3v) is 2.64. The summed E-state index contributed by atoms with van der Waals surface area (Å²) in [6.07, 6.45) is 0.748. The molecule has 19 heavy (non-hydrogen) atoms. The van der Waals surface area contributed by atoms with E-state index in [4.69, 9.17) is 21.1 Å². The van der Waals surface area contributed by atoms with Crippen LogP contribution in [0.2, 0.25) is 0 Å². The number of carbonyl (C=O) groups is 2. The first-order valence-electron chi connectivity index (χ1n) is 5.76. The molecule has 5 nitrogen and oxygen atoms in total. The fourth-order valence-electron chi connectivity index (χ4n) is 1.47. The van der Waals surface area contributed by atoms with Crippen LogP contribution in [0.5, 0.6) is 11.5 Å². The molecule has 6 heteroatoms. The minimum Gasteiger partial charge on any atom is -0.497 e. The molecule has 1 amide bonds. The van der Waals surface area contributed by atoms with Crippen molar-refractivity contribution in [2.75, 3.05) is 20.8 Å². The molecule has 0 fully saturated rings. The van der Waals surface area contributed by atoms with E-state index in [2.05, 4.69) is 5.32 Å². The SMILES string of the molecule is COc1cc(OC)cc(C(=O)NCCCC(=O)Cl)c1. The first-order chi connectivity index (χ1) is 9.06. The van der Waals surface area contributed by atoms with Crippen LogP contribution in [0, 0.1) is 0 Å². The quantitative estimate of drug-likeness (QED) is 0.614. The largest absolute Gasteiger partial charge is 0.497 e. The van der Waals surface area contributed by atoms with E-state index in [0.717, 1.165) is 0 Å². The van der Waals surface area contributed by atoms with E-state index in [-0.39, 0.29) is 12.3 Å². The van der Waals surface area contributed by atoms with Gasteiger partial charge in [0.2, 0.25) is 5.24 Å². The van der Waals surface area contributed by atoms with Crippen LogP contribution < -0.4 is 14.8 Å². The molecule has 0 aliphatic heterocycles. The highest BCUT2D eigenvalue weighted by atomic mass is 35.5. The molecule has 1 aromatic rings. The number of amides is 1. The molecule has 0 heterocycles. The molecule has 1 rings (SSSR count). The highest BCUT2D eigenvalue weighted by Crippen LogP contribution is 2.22. The van der Waals surface area contributed by atoms with Gasteiger partial charge in [0, 0.05) is 24.6 Å². The second kappa shape index (κ2) is 7.63. The Morgan fingerprint density at radius 2 is 1.74 bits per heavy atom. The Labute approximate surface area is 116 Å². The van der Waals surface area contributed by atoms with E-state index in [1.54, 1.807) is 18.2 Å². The predicted octanol–water partition coefficient (Wildman–Crippen LogP) is 1.98. The lowest BCUT2D eigenvalue weighted by atomic mass is 10.2. The molecule has 0 saturated carbocycles. The normalized spacial score (nSPS) is 9.84. The molecule has 0 unspecified atom stereocenters. The molecule has 0 saturated heterocycles. The molecular weight excluding hydrogens is 270 g/mol. The molecule has 0 spiro atoms. The molecule has 1 N–H and O–H groups in total. The van der Waals surface area contributed by atoms with Gasteiger partial charge in [0.05, 0.1) is 14.2 Å². The zero-order chi connectivity index (χ0) is 14.3. The van der Waals surface area contributed by atoms with E-state index in [1.807, 2.05) is 0 Å². The summed E-state index contributed by atoms with van der Waals surface area (Å²) < 4.78 is 10.2. The molecule has 1 aromatic carbocycles. The van der Waals surface area contributed by atoms with Crippen LogP contribution in [-0.4, -0.2) is 31.9 Å². The Kier molecular flexibility index (Phi) is 6.15. The van der Waals surface area contributed by atoms with Crippen molar-refractivity contribution in [3.8, 4) is 11.5 Å². The van der Waals surface area contributed by atoms with Crippen LogP contribution >= 0.6 is 11.6 Å². The number of rotatable bonds is 7. The number of halogens is 1. The lowest BCUT2D eigenvalue weighted by Crippen LogP contribution is -2.24. The summed E-state index contributed by atoms with van der Waals surface area (Å²) in [6.45, 7) is 0.386. The standard InChI is InChI=1S/C13H16ClNO4/c1-18-10-6-9(7-11(8-10)19-2)13(17)15-5-3-4-12(14)16/h6-8H,3-5H2,1-2H3,(H,15,17). The van der Waals surface area contributed by atoms with Gasteiger partial charge in [-0.05, 0) is 30.2 Å². The second-order valence-electron chi connectivity index (χ2n) is 3.82. The summed E-state index contributed by atoms with van der Waals surface area (Å²) in [5, 5.41) is 2.29. The van der Waals surface area contributed by atoms with Gasteiger partial charge in [-0.1, -0.05) is 0 Å². The van der Waals surface area contributed by atoms with E-state index < -0.39 is 5.24 Å². The van der Waals surface area contributed by atoms with Crippen LogP contribution in [0.1, 0.15) is 23.2 Å². The van der Waals surface area contributed by atoms with Crippen LogP contribution in [0.15, 0.2) is 18.2 Å². The molecule has 0 aliphatic rings. The van der Waals surface area contributed by atoms with E-state index in [9.17, 15) is 9.59 Å². The zero-order valence-electron chi connectivity index (χ0n) is 10.9. The molecule has 0 atom stereocenters. The Hall–Kier alpha value is -1.75. The second-order valence-corrected chi connectivity index (χ2v) is 4.24. The molecule has 0 bridgehead atoms. The van der Waals surface area contributed by atoms with E-state index in [0.29, 0.717) is 30.0 Å². The number of hydrogen-bond acceptors (Lipinski definition) is 4. The molecule has 104 valence electrons. The number of benzene rings is 1. The van der Waals surface area contributed by atoms with E-state index >= 15 is 0 Å². The third kappa shape index (κ3) is 5.18. The summed E-state index contributed by atoms with van der Waals surface area (Å²) in [5.74, 6) is 0.833. The average Bonchev–Trinajstić information content (AvgIpc) is 2.42. The maximum Gasteiger partial charge on any atom is 0.251 e. The summed E-state index contributed by atoms with van der Waals surface area (Å²) in [5.41, 5.74) is 0.438. The number of nitrogens with one attached hydrogen (secondary N) is 1. The summed E-state index contributed by atoms with van der Waals surface area (Å²) in [7, 11) is 3.03.